The fourth-order valence-electron chi connectivity index (χ4n) is 4.78. The van der Waals surface area contributed by atoms with Crippen LogP contribution in [0.15, 0.2) is 79.0 Å². The molecule has 0 bridgehead atoms. The van der Waals surface area contributed by atoms with E-state index in [0.29, 0.717) is 25.1 Å². The molecule has 42 heavy (non-hydrogen) atoms. The van der Waals surface area contributed by atoms with Gasteiger partial charge >= 0.3 is 0 Å². The first kappa shape index (κ1) is 30.2. The fourth-order valence-corrected chi connectivity index (χ4v) is 4.78. The highest BCUT2D eigenvalue weighted by atomic mass is 16.5. The van der Waals surface area contributed by atoms with E-state index in [2.05, 4.69) is 20.9 Å². The van der Waals surface area contributed by atoms with Crippen LogP contribution in [0.4, 0.5) is 0 Å². The van der Waals surface area contributed by atoms with Crippen molar-refractivity contribution in [2.45, 2.75) is 50.7 Å². The molecule has 10 nitrogen and oxygen atoms in total. The van der Waals surface area contributed by atoms with Crippen LogP contribution in [-0.4, -0.2) is 71.8 Å². The SMILES string of the molecule is C[C@@H]1NC(=O)CC[C@@H](C(=O)NCCc2ccccn2)NC(=O)c2ccccc2OC[C@@H](Cc2ccccc2)N(C)C1=O. The van der Waals surface area contributed by atoms with Crippen molar-refractivity contribution in [3.05, 3.63) is 95.8 Å². The van der Waals surface area contributed by atoms with Crippen molar-refractivity contribution in [2.75, 3.05) is 20.2 Å². The summed E-state index contributed by atoms with van der Waals surface area (Å²) < 4.78 is 6.15. The number of rotatable bonds is 6. The van der Waals surface area contributed by atoms with E-state index in [9.17, 15) is 19.2 Å². The summed E-state index contributed by atoms with van der Waals surface area (Å²) in [7, 11) is 1.68. The van der Waals surface area contributed by atoms with Crippen LogP contribution in [0, 0.1) is 0 Å². The molecule has 0 fully saturated rings. The molecule has 3 aromatic rings. The Labute approximate surface area is 245 Å². The number of pyridine rings is 1. The Balaban J connectivity index is 1.55. The predicted octanol–water partition coefficient (Wildman–Crippen LogP) is 2.29. The summed E-state index contributed by atoms with van der Waals surface area (Å²) in [6.07, 6.45) is 2.69. The van der Waals surface area contributed by atoms with Gasteiger partial charge in [0.1, 0.15) is 24.4 Å². The number of fused-ring (bicyclic) bond motifs is 1. The van der Waals surface area contributed by atoms with E-state index in [1.54, 1.807) is 49.3 Å². The molecular weight excluding hydrogens is 534 g/mol. The topological polar surface area (TPSA) is 130 Å². The van der Waals surface area contributed by atoms with Crippen LogP contribution in [-0.2, 0) is 27.2 Å². The van der Waals surface area contributed by atoms with Gasteiger partial charge in [0.15, 0.2) is 0 Å². The number of nitrogens with one attached hydrogen (secondary N) is 3. The van der Waals surface area contributed by atoms with Gasteiger partial charge in [0.05, 0.1) is 11.6 Å². The molecule has 2 heterocycles. The van der Waals surface area contributed by atoms with Crippen LogP contribution in [0.2, 0.25) is 0 Å². The molecule has 1 aliphatic rings. The molecule has 0 radical (unpaired) electrons. The summed E-state index contributed by atoms with van der Waals surface area (Å²) >= 11 is 0. The first-order valence-corrected chi connectivity index (χ1v) is 14.1. The Kier molecular flexibility index (Phi) is 10.6. The molecule has 0 saturated heterocycles. The van der Waals surface area contributed by atoms with Gasteiger partial charge < -0.3 is 25.6 Å². The number of carbonyl (C=O) groups is 4. The highest BCUT2D eigenvalue weighted by Crippen LogP contribution is 2.20. The number of benzene rings is 2. The number of para-hydroxylation sites is 1. The average Bonchev–Trinajstić information content (AvgIpc) is 3.01. The number of amides is 4. The lowest BCUT2D eigenvalue weighted by molar-refractivity contribution is -0.137. The van der Waals surface area contributed by atoms with Crippen molar-refractivity contribution >= 4 is 23.6 Å². The van der Waals surface area contributed by atoms with Gasteiger partial charge in [0, 0.05) is 38.3 Å². The average molecular weight is 572 g/mol. The van der Waals surface area contributed by atoms with E-state index in [1.165, 1.54) is 0 Å². The molecule has 0 unspecified atom stereocenters. The van der Waals surface area contributed by atoms with Crippen molar-refractivity contribution in [2.24, 2.45) is 0 Å². The Morgan fingerprint density at radius 1 is 1.00 bits per heavy atom. The van der Waals surface area contributed by atoms with Gasteiger partial charge in [0.25, 0.3) is 5.91 Å². The molecule has 2 aromatic carbocycles. The van der Waals surface area contributed by atoms with Crippen LogP contribution in [0.25, 0.3) is 0 Å². The molecule has 4 rings (SSSR count). The summed E-state index contributed by atoms with van der Waals surface area (Å²) in [6, 6.07) is 19.9. The van der Waals surface area contributed by atoms with E-state index < -0.39 is 29.8 Å². The molecule has 3 N–H and O–H groups in total. The highest BCUT2D eigenvalue weighted by molar-refractivity contribution is 5.99. The number of aromatic nitrogens is 1. The van der Waals surface area contributed by atoms with Crippen molar-refractivity contribution in [3.63, 3.8) is 0 Å². The largest absolute Gasteiger partial charge is 0.491 e. The van der Waals surface area contributed by atoms with Gasteiger partial charge in [-0.05, 0) is 49.6 Å². The number of likely N-dealkylation sites (N-methyl/N-ethyl adjacent to an activating group) is 1. The monoisotopic (exact) mass is 571 g/mol. The van der Waals surface area contributed by atoms with E-state index in [0.717, 1.165) is 11.3 Å². The lowest BCUT2D eigenvalue weighted by Crippen LogP contribution is -2.51. The van der Waals surface area contributed by atoms with Crippen LogP contribution in [0.3, 0.4) is 0 Å². The summed E-state index contributed by atoms with van der Waals surface area (Å²) in [5, 5.41) is 8.37. The first-order valence-electron chi connectivity index (χ1n) is 14.1. The van der Waals surface area contributed by atoms with Crippen molar-refractivity contribution < 1.29 is 23.9 Å². The third-order valence-corrected chi connectivity index (χ3v) is 7.21. The van der Waals surface area contributed by atoms with Gasteiger partial charge in [-0.2, -0.15) is 0 Å². The van der Waals surface area contributed by atoms with Crippen LogP contribution in [0.5, 0.6) is 5.75 Å². The Hall–Kier alpha value is -4.73. The minimum atomic E-state index is -0.982. The Bertz CT molecular complexity index is 1370. The molecule has 0 saturated carbocycles. The number of nitrogens with zero attached hydrogens (tertiary/aromatic N) is 2. The quantitative estimate of drug-likeness (QED) is 0.416. The summed E-state index contributed by atoms with van der Waals surface area (Å²) in [5.74, 6) is -1.24. The number of ether oxygens (including phenoxy) is 1. The maximum Gasteiger partial charge on any atom is 0.255 e. The first-order chi connectivity index (χ1) is 20.3. The second-order valence-corrected chi connectivity index (χ2v) is 10.3. The van der Waals surface area contributed by atoms with Gasteiger partial charge in [-0.3, -0.25) is 24.2 Å². The normalized spacial score (nSPS) is 20.2. The zero-order chi connectivity index (χ0) is 29.9. The molecule has 1 aromatic heterocycles. The standard InChI is InChI=1S/C32H37N5O5/c1-22-32(41)37(2)25(20-23-10-4-3-5-11-23)21-42-28-14-7-6-13-26(28)30(39)36-27(15-16-29(38)35-22)31(40)34-19-17-24-12-8-9-18-33-24/h3-14,18,22,25,27H,15-17,19-21H2,1-2H3,(H,34,40)(H,35,38)(H,36,39)/t22-,25+,27-/m0/s1. The fraction of sp³-hybridized carbons (Fsp3) is 0.344. The molecule has 3 atom stereocenters. The maximum atomic E-state index is 13.4. The second kappa shape index (κ2) is 14.8. The molecule has 0 spiro atoms. The Morgan fingerprint density at radius 2 is 1.74 bits per heavy atom. The van der Waals surface area contributed by atoms with E-state index in [4.69, 9.17) is 4.74 Å². The van der Waals surface area contributed by atoms with Gasteiger partial charge in [-0.15, -0.1) is 0 Å². The van der Waals surface area contributed by atoms with E-state index in [1.807, 2.05) is 48.5 Å². The zero-order valence-corrected chi connectivity index (χ0v) is 23.9. The summed E-state index contributed by atoms with van der Waals surface area (Å²) in [5.41, 5.74) is 2.09. The minimum absolute atomic E-state index is 0.0450. The molecular formula is C32H37N5O5. The van der Waals surface area contributed by atoms with Crippen LogP contribution in [0.1, 0.15) is 41.4 Å². The smallest absolute Gasteiger partial charge is 0.255 e. The van der Waals surface area contributed by atoms with Gasteiger partial charge in [-0.25, -0.2) is 0 Å². The van der Waals surface area contributed by atoms with Crippen LogP contribution < -0.4 is 20.7 Å². The second-order valence-electron chi connectivity index (χ2n) is 10.3. The third-order valence-electron chi connectivity index (χ3n) is 7.21. The summed E-state index contributed by atoms with van der Waals surface area (Å²) in [6.45, 7) is 2.06. The molecule has 1 aliphatic heterocycles. The maximum absolute atomic E-state index is 13.4. The van der Waals surface area contributed by atoms with Gasteiger partial charge in [0.2, 0.25) is 17.7 Å². The molecule has 0 aliphatic carbocycles. The molecule has 10 heteroatoms. The molecule has 4 amide bonds. The number of hydrogen-bond donors (Lipinski definition) is 3. The lowest BCUT2D eigenvalue weighted by Gasteiger charge is -2.31. The van der Waals surface area contributed by atoms with Crippen LogP contribution >= 0.6 is 0 Å². The summed E-state index contributed by atoms with van der Waals surface area (Å²) in [4.78, 5) is 58.6. The zero-order valence-electron chi connectivity index (χ0n) is 23.9. The highest BCUT2D eigenvalue weighted by Gasteiger charge is 2.29. The number of carbonyl (C=O) groups excluding carboxylic acids is 4. The van der Waals surface area contributed by atoms with E-state index >= 15 is 0 Å². The molecule has 220 valence electrons. The van der Waals surface area contributed by atoms with Gasteiger partial charge in [-0.1, -0.05) is 48.5 Å². The number of hydrogen-bond acceptors (Lipinski definition) is 6. The van der Waals surface area contributed by atoms with E-state index in [-0.39, 0.29) is 37.0 Å². The minimum Gasteiger partial charge on any atom is -0.491 e. The third kappa shape index (κ3) is 8.39. The Morgan fingerprint density at radius 3 is 2.50 bits per heavy atom. The van der Waals surface area contributed by atoms with Crippen molar-refractivity contribution in [3.8, 4) is 5.75 Å². The lowest BCUT2D eigenvalue weighted by atomic mass is 10.0. The van der Waals surface area contributed by atoms with Crippen molar-refractivity contribution in [1.29, 1.82) is 0 Å². The van der Waals surface area contributed by atoms with Crippen molar-refractivity contribution in [1.82, 2.24) is 25.8 Å². The predicted molar refractivity (Wildman–Crippen MR) is 158 cm³/mol.